The molecular formula is C14H16BrO3P. The molecule has 0 atom stereocenters. The number of rotatable bonds is 2. The minimum absolute atomic E-state index is 0.125. The Balaban J connectivity index is 2.31. The van der Waals surface area contributed by atoms with Crippen LogP contribution in [0.15, 0.2) is 41.0 Å². The highest BCUT2D eigenvalue weighted by molar-refractivity contribution is 9.10. The standard InChI is InChI=1S/C14H16BrO3P/c1-4-13(11-5-7-12(15)8-6-11)19(16)17-9-14(2,3)10-18-19/h5-8H,1,9-10H2,2-3H3. The minimum Gasteiger partial charge on any atom is -0.304 e. The van der Waals surface area contributed by atoms with E-state index in [-0.39, 0.29) is 5.41 Å². The van der Waals surface area contributed by atoms with Gasteiger partial charge in [0, 0.05) is 9.89 Å². The van der Waals surface area contributed by atoms with Crippen molar-refractivity contribution in [2.75, 3.05) is 13.2 Å². The molecule has 0 aliphatic carbocycles. The van der Waals surface area contributed by atoms with E-state index in [1.54, 1.807) is 0 Å². The lowest BCUT2D eigenvalue weighted by molar-refractivity contribution is 0.0468. The predicted molar refractivity (Wildman–Crippen MR) is 80.0 cm³/mol. The molecule has 0 saturated carbocycles. The van der Waals surface area contributed by atoms with Gasteiger partial charge in [-0.15, -0.1) is 5.73 Å². The highest BCUT2D eigenvalue weighted by Gasteiger charge is 2.40. The Labute approximate surface area is 122 Å². The molecule has 5 heteroatoms. The molecule has 1 aliphatic heterocycles. The monoisotopic (exact) mass is 342 g/mol. The maximum atomic E-state index is 12.7. The van der Waals surface area contributed by atoms with Crippen LogP contribution in [0.25, 0.3) is 5.31 Å². The average Bonchev–Trinajstić information content (AvgIpc) is 2.37. The molecule has 0 amide bonds. The molecule has 1 fully saturated rings. The molecule has 0 unspecified atom stereocenters. The summed E-state index contributed by atoms with van der Waals surface area (Å²) in [5.74, 6) is 0. The first-order valence-electron chi connectivity index (χ1n) is 5.92. The molecular weight excluding hydrogens is 327 g/mol. The van der Waals surface area contributed by atoms with Crippen LogP contribution in [0.5, 0.6) is 0 Å². The van der Waals surface area contributed by atoms with E-state index < -0.39 is 7.60 Å². The molecule has 1 heterocycles. The van der Waals surface area contributed by atoms with Gasteiger partial charge < -0.3 is 9.05 Å². The smallest absolute Gasteiger partial charge is 0.304 e. The van der Waals surface area contributed by atoms with Crippen molar-refractivity contribution in [3.05, 3.63) is 46.6 Å². The molecule has 1 saturated heterocycles. The van der Waals surface area contributed by atoms with Crippen LogP contribution in [-0.2, 0) is 13.6 Å². The summed E-state index contributed by atoms with van der Waals surface area (Å²) in [5, 5.41) is 0.399. The van der Waals surface area contributed by atoms with Crippen molar-refractivity contribution in [1.29, 1.82) is 0 Å². The van der Waals surface area contributed by atoms with E-state index in [0.29, 0.717) is 18.5 Å². The quantitative estimate of drug-likeness (QED) is 0.569. The topological polar surface area (TPSA) is 35.5 Å². The third-order valence-corrected chi connectivity index (χ3v) is 5.24. The molecule has 0 N–H and O–H groups in total. The molecule has 0 bridgehead atoms. The second-order valence-corrected chi connectivity index (χ2v) is 8.12. The van der Waals surface area contributed by atoms with Crippen LogP contribution in [0, 0.1) is 5.41 Å². The van der Waals surface area contributed by atoms with Crippen molar-refractivity contribution in [1.82, 2.24) is 0 Å². The highest BCUT2D eigenvalue weighted by atomic mass is 79.9. The molecule has 2 rings (SSSR count). The maximum Gasteiger partial charge on any atom is 0.369 e. The fraction of sp³-hybridized carbons (Fsp3) is 0.357. The van der Waals surface area contributed by atoms with E-state index in [1.165, 1.54) is 0 Å². The van der Waals surface area contributed by atoms with Crippen LogP contribution >= 0.6 is 23.5 Å². The van der Waals surface area contributed by atoms with Gasteiger partial charge in [-0.1, -0.05) is 48.5 Å². The minimum atomic E-state index is -3.31. The maximum absolute atomic E-state index is 12.7. The van der Waals surface area contributed by atoms with Gasteiger partial charge in [0.15, 0.2) is 0 Å². The summed E-state index contributed by atoms with van der Waals surface area (Å²) < 4.78 is 24.7. The first-order chi connectivity index (χ1) is 8.86. The predicted octanol–water partition coefficient (Wildman–Crippen LogP) is 4.84. The van der Waals surface area contributed by atoms with E-state index in [9.17, 15) is 4.57 Å². The van der Waals surface area contributed by atoms with E-state index in [0.717, 1.165) is 10.0 Å². The summed E-state index contributed by atoms with van der Waals surface area (Å²) in [4.78, 5) is 0. The summed E-state index contributed by atoms with van der Waals surface area (Å²) in [6.07, 6.45) is 0. The first kappa shape index (κ1) is 14.8. The van der Waals surface area contributed by atoms with Crippen LogP contribution in [0.4, 0.5) is 0 Å². The van der Waals surface area contributed by atoms with Crippen LogP contribution in [0.3, 0.4) is 0 Å². The van der Waals surface area contributed by atoms with E-state index in [2.05, 4.69) is 28.2 Å². The van der Waals surface area contributed by atoms with Gasteiger partial charge in [0.2, 0.25) is 0 Å². The van der Waals surface area contributed by atoms with E-state index in [1.807, 2.05) is 38.1 Å². The van der Waals surface area contributed by atoms with Gasteiger partial charge in [-0.05, 0) is 17.7 Å². The number of hydrogen-bond donors (Lipinski definition) is 0. The van der Waals surface area contributed by atoms with Gasteiger partial charge in [-0.25, -0.2) is 0 Å². The molecule has 0 aromatic heterocycles. The normalized spacial score (nSPS) is 20.6. The van der Waals surface area contributed by atoms with Crippen LogP contribution in [0.2, 0.25) is 0 Å². The summed E-state index contributed by atoms with van der Waals surface area (Å²) in [7, 11) is -3.31. The van der Waals surface area contributed by atoms with Gasteiger partial charge in [0.05, 0.1) is 13.2 Å². The Morgan fingerprint density at radius 2 is 1.84 bits per heavy atom. The fourth-order valence-electron chi connectivity index (χ4n) is 1.69. The molecule has 1 aromatic rings. The van der Waals surface area contributed by atoms with Crippen LogP contribution in [-0.4, -0.2) is 13.2 Å². The van der Waals surface area contributed by atoms with Crippen molar-refractivity contribution >= 4 is 28.8 Å². The zero-order valence-electron chi connectivity index (χ0n) is 11.0. The van der Waals surface area contributed by atoms with Gasteiger partial charge in [0.25, 0.3) is 0 Å². The third kappa shape index (κ3) is 3.28. The fourth-order valence-corrected chi connectivity index (χ4v) is 3.99. The lowest BCUT2D eigenvalue weighted by Crippen LogP contribution is -2.29. The van der Waals surface area contributed by atoms with Gasteiger partial charge in [-0.3, -0.25) is 4.57 Å². The Bertz CT molecular complexity index is 557. The Hall–Kier alpha value is -0.630. The molecule has 102 valence electrons. The molecule has 1 aliphatic rings. The Morgan fingerprint density at radius 3 is 2.32 bits per heavy atom. The van der Waals surface area contributed by atoms with Gasteiger partial charge in [-0.2, -0.15) is 0 Å². The number of halogens is 1. The summed E-state index contributed by atoms with van der Waals surface area (Å²) >= 11 is 3.36. The Kier molecular flexibility index (Phi) is 4.20. The van der Waals surface area contributed by atoms with Crippen molar-refractivity contribution < 1.29 is 13.6 Å². The lowest BCUT2D eigenvalue weighted by atomic mass is 9.97. The number of hydrogen-bond acceptors (Lipinski definition) is 3. The second-order valence-electron chi connectivity index (χ2n) is 5.24. The Morgan fingerprint density at radius 1 is 1.32 bits per heavy atom. The van der Waals surface area contributed by atoms with Crippen molar-refractivity contribution in [2.45, 2.75) is 13.8 Å². The second kappa shape index (κ2) is 5.40. The van der Waals surface area contributed by atoms with Crippen molar-refractivity contribution in [3.8, 4) is 0 Å². The van der Waals surface area contributed by atoms with Gasteiger partial charge in [0.1, 0.15) is 5.31 Å². The zero-order chi connectivity index (χ0) is 14.1. The summed E-state index contributed by atoms with van der Waals surface area (Å²) in [6, 6.07) is 7.41. The molecule has 3 nitrogen and oxygen atoms in total. The van der Waals surface area contributed by atoms with E-state index >= 15 is 0 Å². The number of benzene rings is 1. The zero-order valence-corrected chi connectivity index (χ0v) is 13.5. The highest BCUT2D eigenvalue weighted by Crippen LogP contribution is 2.63. The molecule has 0 radical (unpaired) electrons. The largest absolute Gasteiger partial charge is 0.369 e. The molecule has 1 aromatic carbocycles. The molecule has 0 spiro atoms. The first-order valence-corrected chi connectivity index (χ1v) is 8.26. The lowest BCUT2D eigenvalue weighted by Gasteiger charge is -2.34. The average molecular weight is 343 g/mol. The summed E-state index contributed by atoms with van der Waals surface area (Å²) in [6.45, 7) is 8.41. The van der Waals surface area contributed by atoms with Gasteiger partial charge >= 0.3 is 7.60 Å². The van der Waals surface area contributed by atoms with E-state index in [4.69, 9.17) is 9.05 Å². The van der Waals surface area contributed by atoms with Crippen LogP contribution in [0.1, 0.15) is 19.4 Å². The summed E-state index contributed by atoms with van der Waals surface area (Å²) in [5.41, 5.74) is 3.34. The molecule has 19 heavy (non-hydrogen) atoms. The van der Waals surface area contributed by atoms with Crippen molar-refractivity contribution in [3.63, 3.8) is 0 Å². The van der Waals surface area contributed by atoms with Crippen molar-refractivity contribution in [2.24, 2.45) is 5.41 Å². The SMILES string of the molecule is C=C=C(c1ccc(Br)cc1)P1(=O)OCC(C)(C)CO1. The van der Waals surface area contributed by atoms with Crippen LogP contribution < -0.4 is 0 Å². The third-order valence-electron chi connectivity index (χ3n) is 2.81.